The van der Waals surface area contributed by atoms with E-state index in [0.717, 1.165) is 42.6 Å². The zero-order valence-corrected chi connectivity index (χ0v) is 20.1. The summed E-state index contributed by atoms with van der Waals surface area (Å²) in [6.45, 7) is 10.1. The second-order valence-electron chi connectivity index (χ2n) is 6.30. The Hall–Kier alpha value is -1.88. The highest BCUT2D eigenvalue weighted by Crippen LogP contribution is 2.20. The molecule has 0 fully saturated rings. The molecule has 0 spiro atoms. The lowest BCUT2D eigenvalue weighted by Gasteiger charge is -2.16. The van der Waals surface area contributed by atoms with Crippen molar-refractivity contribution < 1.29 is 9.47 Å². The van der Waals surface area contributed by atoms with Gasteiger partial charge in [0.05, 0.1) is 6.61 Å². The number of aromatic nitrogens is 3. The predicted molar refractivity (Wildman–Crippen MR) is 126 cm³/mol. The van der Waals surface area contributed by atoms with Gasteiger partial charge in [0.25, 0.3) is 0 Å². The summed E-state index contributed by atoms with van der Waals surface area (Å²) >= 11 is 0. The van der Waals surface area contributed by atoms with Gasteiger partial charge in [-0.15, -0.1) is 34.2 Å². The minimum atomic E-state index is 0. The van der Waals surface area contributed by atoms with Crippen LogP contribution in [0.2, 0.25) is 0 Å². The number of guanidine groups is 1. The minimum absolute atomic E-state index is 0. The Balaban J connectivity index is 0.00000420. The average molecular weight is 516 g/mol. The molecule has 2 N–H and O–H groups in total. The van der Waals surface area contributed by atoms with E-state index in [1.54, 1.807) is 13.4 Å². The van der Waals surface area contributed by atoms with Crippen molar-refractivity contribution in [2.24, 2.45) is 4.99 Å². The van der Waals surface area contributed by atoms with Gasteiger partial charge in [-0.1, -0.05) is 19.1 Å². The van der Waals surface area contributed by atoms with E-state index < -0.39 is 0 Å². The van der Waals surface area contributed by atoms with Gasteiger partial charge in [0.1, 0.15) is 24.5 Å². The van der Waals surface area contributed by atoms with Gasteiger partial charge in [0, 0.05) is 45.3 Å². The summed E-state index contributed by atoms with van der Waals surface area (Å²) in [5.41, 5.74) is 2.25. The van der Waals surface area contributed by atoms with Crippen molar-refractivity contribution >= 4 is 29.9 Å². The first-order valence-corrected chi connectivity index (χ1v) is 9.79. The van der Waals surface area contributed by atoms with Crippen LogP contribution in [0.15, 0.2) is 29.5 Å². The van der Waals surface area contributed by atoms with Crippen LogP contribution >= 0.6 is 24.0 Å². The Morgan fingerprint density at radius 1 is 1.21 bits per heavy atom. The van der Waals surface area contributed by atoms with Gasteiger partial charge in [-0.25, -0.2) is 0 Å². The molecule has 2 aromatic rings. The molecule has 0 aliphatic heterocycles. The average Bonchev–Trinajstić information content (AvgIpc) is 3.16. The third kappa shape index (κ3) is 8.57. The van der Waals surface area contributed by atoms with Gasteiger partial charge in [0.2, 0.25) is 0 Å². The number of aryl methyl sites for hydroxylation is 2. The Morgan fingerprint density at radius 2 is 2.03 bits per heavy atom. The van der Waals surface area contributed by atoms with E-state index in [9.17, 15) is 0 Å². The van der Waals surface area contributed by atoms with E-state index in [-0.39, 0.29) is 24.0 Å². The van der Waals surface area contributed by atoms with Gasteiger partial charge in [-0.05, 0) is 25.5 Å². The molecule has 9 heteroatoms. The lowest BCUT2D eigenvalue weighted by atomic mass is 10.1. The van der Waals surface area contributed by atoms with Gasteiger partial charge in [0.15, 0.2) is 5.96 Å². The lowest BCUT2D eigenvalue weighted by molar-refractivity contribution is 0.110. The summed E-state index contributed by atoms with van der Waals surface area (Å²) in [5, 5.41) is 14.7. The molecule has 1 aromatic carbocycles. The zero-order valence-electron chi connectivity index (χ0n) is 17.8. The topological polar surface area (TPSA) is 85.6 Å². The molecule has 8 nitrogen and oxygen atoms in total. The number of hydrogen-bond donors (Lipinski definition) is 2. The van der Waals surface area contributed by atoms with E-state index in [2.05, 4.69) is 57.9 Å². The number of halogens is 1. The van der Waals surface area contributed by atoms with Crippen molar-refractivity contribution in [3.63, 3.8) is 0 Å². The number of nitrogens with one attached hydrogen (secondary N) is 2. The Bertz CT molecular complexity index is 750. The highest BCUT2D eigenvalue weighted by Gasteiger charge is 2.07. The van der Waals surface area contributed by atoms with Crippen molar-refractivity contribution in [2.75, 3.05) is 33.4 Å². The van der Waals surface area contributed by atoms with Gasteiger partial charge >= 0.3 is 0 Å². The van der Waals surface area contributed by atoms with Crippen molar-refractivity contribution in [3.8, 4) is 5.75 Å². The van der Waals surface area contributed by atoms with Gasteiger partial charge in [-0.2, -0.15) is 0 Å². The molecule has 0 saturated carbocycles. The molecule has 0 saturated heterocycles. The fourth-order valence-electron chi connectivity index (χ4n) is 2.73. The predicted octanol–water partition coefficient (Wildman–Crippen LogP) is 2.55. The molecule has 0 bridgehead atoms. The lowest BCUT2D eigenvalue weighted by Crippen LogP contribution is -2.38. The molecule has 1 heterocycles. The standard InChI is InChI=1S/C20H32N6O2.HI/c1-5-19-25-24-15-26(19)10-9-22-20(21-4)23-14-17-8-7-16(3)13-18(17)28-12-11-27-6-2;/h7-8,13,15H,5-6,9-12,14H2,1-4H3,(H2,21,22,23);1H. The maximum atomic E-state index is 5.90. The summed E-state index contributed by atoms with van der Waals surface area (Å²) in [6.07, 6.45) is 2.63. The van der Waals surface area contributed by atoms with Crippen LogP contribution in [0.4, 0.5) is 0 Å². The number of hydrogen-bond acceptors (Lipinski definition) is 5. The highest BCUT2D eigenvalue weighted by atomic mass is 127. The fourth-order valence-corrected chi connectivity index (χ4v) is 2.73. The molecule has 29 heavy (non-hydrogen) atoms. The molecule has 0 unspecified atom stereocenters. The number of ether oxygens (including phenoxy) is 2. The van der Waals surface area contributed by atoms with Crippen molar-refractivity contribution in [3.05, 3.63) is 41.5 Å². The molecule has 0 amide bonds. The summed E-state index contributed by atoms with van der Waals surface area (Å²) in [7, 11) is 1.76. The molecular weight excluding hydrogens is 483 g/mol. The first kappa shape index (κ1) is 25.2. The van der Waals surface area contributed by atoms with Crippen molar-refractivity contribution in [1.29, 1.82) is 0 Å². The van der Waals surface area contributed by atoms with Gasteiger partial charge < -0.3 is 24.7 Å². The second-order valence-corrected chi connectivity index (χ2v) is 6.30. The summed E-state index contributed by atoms with van der Waals surface area (Å²) < 4.78 is 13.3. The summed E-state index contributed by atoms with van der Waals surface area (Å²) in [5.74, 6) is 2.60. The molecule has 0 aliphatic rings. The van der Waals surface area contributed by atoms with E-state index in [0.29, 0.717) is 26.4 Å². The van der Waals surface area contributed by atoms with E-state index >= 15 is 0 Å². The SMILES string of the molecule is CCOCCOc1cc(C)ccc1CNC(=NC)NCCn1cnnc1CC.I. The smallest absolute Gasteiger partial charge is 0.191 e. The molecular formula is C20H33IN6O2. The molecule has 162 valence electrons. The van der Waals surface area contributed by atoms with Crippen molar-refractivity contribution in [1.82, 2.24) is 25.4 Å². The maximum Gasteiger partial charge on any atom is 0.191 e. The minimum Gasteiger partial charge on any atom is -0.491 e. The number of nitrogens with zero attached hydrogens (tertiary/aromatic N) is 4. The highest BCUT2D eigenvalue weighted by molar-refractivity contribution is 14.0. The van der Waals surface area contributed by atoms with E-state index in [1.807, 2.05) is 11.5 Å². The second kappa shape index (κ2) is 14.2. The van der Waals surface area contributed by atoms with Crippen LogP contribution in [0.1, 0.15) is 30.8 Å². The van der Waals surface area contributed by atoms with Crippen molar-refractivity contribution in [2.45, 2.75) is 40.3 Å². The Labute approximate surface area is 190 Å². The molecule has 2 rings (SSSR count). The van der Waals surface area contributed by atoms with E-state index in [4.69, 9.17) is 9.47 Å². The Morgan fingerprint density at radius 3 is 2.76 bits per heavy atom. The zero-order chi connectivity index (χ0) is 20.2. The van der Waals surface area contributed by atoms with Crippen LogP contribution in [0.25, 0.3) is 0 Å². The monoisotopic (exact) mass is 516 g/mol. The third-order valence-electron chi connectivity index (χ3n) is 4.24. The molecule has 0 atom stereocenters. The Kier molecular flexibility index (Phi) is 12.3. The fraction of sp³-hybridized carbons (Fsp3) is 0.550. The quantitative estimate of drug-likeness (QED) is 0.207. The van der Waals surface area contributed by atoms with Gasteiger partial charge in [-0.3, -0.25) is 4.99 Å². The number of benzene rings is 1. The normalized spacial score (nSPS) is 11.1. The van der Waals surface area contributed by atoms with Crippen LogP contribution < -0.4 is 15.4 Å². The van der Waals surface area contributed by atoms with Crippen LogP contribution in [0.3, 0.4) is 0 Å². The maximum absolute atomic E-state index is 5.90. The van der Waals surface area contributed by atoms with E-state index in [1.165, 1.54) is 5.56 Å². The first-order valence-electron chi connectivity index (χ1n) is 9.79. The summed E-state index contributed by atoms with van der Waals surface area (Å²) in [4.78, 5) is 4.29. The van der Waals surface area contributed by atoms with Crippen LogP contribution in [0, 0.1) is 6.92 Å². The first-order chi connectivity index (χ1) is 13.7. The molecule has 1 aromatic heterocycles. The largest absolute Gasteiger partial charge is 0.491 e. The number of rotatable bonds is 11. The van der Waals surface area contributed by atoms with Crippen LogP contribution in [-0.2, 0) is 24.2 Å². The molecule has 0 radical (unpaired) electrons. The molecule has 0 aliphatic carbocycles. The number of aliphatic imine (C=N–C) groups is 1. The third-order valence-corrected chi connectivity index (χ3v) is 4.24. The van der Waals surface area contributed by atoms with Crippen LogP contribution in [-0.4, -0.2) is 54.1 Å². The van der Waals surface area contributed by atoms with Crippen LogP contribution in [0.5, 0.6) is 5.75 Å². The summed E-state index contributed by atoms with van der Waals surface area (Å²) in [6, 6.07) is 6.22.